The van der Waals surface area contributed by atoms with E-state index in [0.717, 1.165) is 30.0 Å². The Labute approximate surface area is 88.9 Å². The van der Waals surface area contributed by atoms with Gasteiger partial charge in [-0.3, -0.25) is 4.90 Å². The van der Waals surface area contributed by atoms with Gasteiger partial charge in [-0.25, -0.2) is 0 Å². The molecule has 0 aromatic heterocycles. The molecule has 2 fully saturated rings. The summed E-state index contributed by atoms with van der Waals surface area (Å²) >= 11 is 0. The average molecular weight is 195 g/mol. The molecule has 0 aliphatic carbocycles. The molecule has 0 amide bonds. The van der Waals surface area contributed by atoms with Crippen molar-refractivity contribution < 1.29 is 0 Å². The number of rotatable bonds is 2. The fourth-order valence-electron chi connectivity index (χ4n) is 3.64. The highest BCUT2D eigenvalue weighted by Gasteiger charge is 2.42. The van der Waals surface area contributed by atoms with Crippen molar-refractivity contribution in [2.24, 2.45) is 11.8 Å². The summed E-state index contributed by atoms with van der Waals surface area (Å²) in [4.78, 5) is 2.79. The van der Waals surface area contributed by atoms with Crippen LogP contribution in [-0.4, -0.2) is 23.0 Å². The van der Waals surface area contributed by atoms with Crippen molar-refractivity contribution >= 4 is 0 Å². The Morgan fingerprint density at radius 3 is 1.79 bits per heavy atom. The highest BCUT2D eigenvalue weighted by Crippen LogP contribution is 2.42. The number of fused-ring (bicyclic) bond motifs is 2. The lowest BCUT2D eigenvalue weighted by Gasteiger charge is -2.42. The van der Waals surface area contributed by atoms with Crippen LogP contribution in [0.4, 0.5) is 0 Å². The monoisotopic (exact) mass is 195 g/mol. The first-order chi connectivity index (χ1) is 6.59. The molecule has 14 heavy (non-hydrogen) atoms. The lowest BCUT2D eigenvalue weighted by atomic mass is 9.82. The van der Waals surface area contributed by atoms with E-state index in [0.29, 0.717) is 0 Å². The van der Waals surface area contributed by atoms with E-state index >= 15 is 0 Å². The van der Waals surface area contributed by atoms with E-state index < -0.39 is 0 Å². The number of piperidine rings is 1. The first kappa shape index (κ1) is 10.5. The molecule has 2 rings (SSSR count). The smallest absolute Gasteiger partial charge is 0.0104 e. The Hall–Kier alpha value is -0.0400. The minimum absolute atomic E-state index is 0.764. The molecular weight excluding hydrogens is 170 g/mol. The minimum Gasteiger partial charge on any atom is -0.295 e. The van der Waals surface area contributed by atoms with E-state index in [1.165, 1.54) is 25.7 Å². The molecule has 1 unspecified atom stereocenters. The van der Waals surface area contributed by atoms with Gasteiger partial charge in [-0.05, 0) is 51.4 Å². The molecule has 2 heterocycles. The topological polar surface area (TPSA) is 3.24 Å². The van der Waals surface area contributed by atoms with Crippen molar-refractivity contribution in [3.05, 3.63) is 0 Å². The molecule has 0 spiro atoms. The lowest BCUT2D eigenvalue weighted by Crippen LogP contribution is -2.47. The molecule has 2 saturated heterocycles. The van der Waals surface area contributed by atoms with Crippen molar-refractivity contribution in [3.8, 4) is 0 Å². The van der Waals surface area contributed by atoms with Crippen molar-refractivity contribution in [2.75, 3.05) is 0 Å². The van der Waals surface area contributed by atoms with Gasteiger partial charge in [0.15, 0.2) is 0 Å². The van der Waals surface area contributed by atoms with E-state index in [1.54, 1.807) is 0 Å². The van der Waals surface area contributed by atoms with Crippen LogP contribution in [0.5, 0.6) is 0 Å². The van der Waals surface area contributed by atoms with Crippen LogP contribution in [-0.2, 0) is 0 Å². The van der Waals surface area contributed by atoms with Crippen molar-refractivity contribution in [3.63, 3.8) is 0 Å². The van der Waals surface area contributed by atoms with Crippen LogP contribution in [0.1, 0.15) is 53.4 Å². The van der Waals surface area contributed by atoms with Crippen LogP contribution in [0, 0.1) is 11.8 Å². The highest BCUT2D eigenvalue weighted by atomic mass is 15.2. The molecule has 2 aliphatic heterocycles. The number of nitrogens with zero attached hydrogens (tertiary/aromatic N) is 1. The summed E-state index contributed by atoms with van der Waals surface area (Å²) < 4.78 is 0. The summed E-state index contributed by atoms with van der Waals surface area (Å²) in [6, 6.07) is 2.60. The van der Waals surface area contributed by atoms with Gasteiger partial charge in [0.05, 0.1) is 0 Å². The van der Waals surface area contributed by atoms with E-state index in [1.807, 2.05) is 0 Å². The second-order valence-electron chi connectivity index (χ2n) is 5.90. The molecule has 3 atom stereocenters. The summed E-state index contributed by atoms with van der Waals surface area (Å²) in [5.74, 6) is 1.90. The summed E-state index contributed by atoms with van der Waals surface area (Å²) in [5, 5.41) is 0. The molecule has 1 nitrogen and oxygen atoms in total. The van der Waals surface area contributed by atoms with Gasteiger partial charge in [-0.2, -0.15) is 0 Å². The van der Waals surface area contributed by atoms with Gasteiger partial charge in [0.2, 0.25) is 0 Å². The third-order valence-corrected chi connectivity index (χ3v) is 4.37. The molecule has 0 aromatic carbocycles. The molecular formula is C13H25N. The Morgan fingerprint density at radius 1 is 0.929 bits per heavy atom. The fraction of sp³-hybridized carbons (Fsp3) is 1.00. The Bertz CT molecular complexity index is 183. The van der Waals surface area contributed by atoms with Crippen LogP contribution in [0.15, 0.2) is 0 Å². The lowest BCUT2D eigenvalue weighted by molar-refractivity contribution is 0.0588. The minimum atomic E-state index is 0.764. The maximum absolute atomic E-state index is 2.79. The molecule has 82 valence electrons. The zero-order valence-corrected chi connectivity index (χ0v) is 10.2. The van der Waals surface area contributed by atoms with Crippen LogP contribution < -0.4 is 0 Å². The van der Waals surface area contributed by atoms with Crippen molar-refractivity contribution in [1.29, 1.82) is 0 Å². The molecule has 1 heteroatoms. The zero-order chi connectivity index (χ0) is 10.3. The van der Waals surface area contributed by atoms with Crippen molar-refractivity contribution in [1.82, 2.24) is 4.90 Å². The summed E-state index contributed by atoms with van der Waals surface area (Å²) in [5.41, 5.74) is 0. The van der Waals surface area contributed by atoms with Gasteiger partial charge in [0.25, 0.3) is 0 Å². The maximum Gasteiger partial charge on any atom is 0.0104 e. The quantitative estimate of drug-likeness (QED) is 0.653. The SMILES string of the molecule is CC(C)C1C[C@H]2CC[C@@H](C1)N2C(C)C. The molecule has 0 radical (unpaired) electrons. The summed E-state index contributed by atoms with van der Waals surface area (Å²) in [7, 11) is 0. The largest absolute Gasteiger partial charge is 0.295 e. The second kappa shape index (κ2) is 3.84. The third-order valence-electron chi connectivity index (χ3n) is 4.37. The standard InChI is InChI=1S/C13H25N/c1-9(2)11-7-12-5-6-13(8-11)14(12)10(3)4/h9-13H,5-8H2,1-4H3/t11?,12-,13+. The van der Waals surface area contributed by atoms with E-state index in [-0.39, 0.29) is 0 Å². The highest BCUT2D eigenvalue weighted by molar-refractivity contribution is 4.96. The molecule has 2 aliphatic rings. The first-order valence-corrected chi connectivity index (χ1v) is 6.37. The average Bonchev–Trinajstić information content (AvgIpc) is 2.37. The fourth-order valence-corrected chi connectivity index (χ4v) is 3.64. The van der Waals surface area contributed by atoms with Gasteiger partial charge < -0.3 is 0 Å². The van der Waals surface area contributed by atoms with Gasteiger partial charge in [-0.1, -0.05) is 13.8 Å². The summed E-state index contributed by atoms with van der Waals surface area (Å²) in [6.07, 6.45) is 5.86. The van der Waals surface area contributed by atoms with E-state index in [9.17, 15) is 0 Å². The van der Waals surface area contributed by atoms with Gasteiger partial charge in [0, 0.05) is 18.1 Å². The molecule has 0 N–H and O–H groups in total. The Morgan fingerprint density at radius 2 is 1.43 bits per heavy atom. The molecule has 0 aromatic rings. The zero-order valence-electron chi connectivity index (χ0n) is 10.2. The number of hydrogen-bond donors (Lipinski definition) is 0. The molecule has 0 saturated carbocycles. The van der Waals surface area contributed by atoms with Crippen LogP contribution in [0.3, 0.4) is 0 Å². The summed E-state index contributed by atoms with van der Waals surface area (Å²) in [6.45, 7) is 9.52. The predicted octanol–water partition coefficient (Wildman–Crippen LogP) is 3.29. The number of hydrogen-bond acceptors (Lipinski definition) is 1. The van der Waals surface area contributed by atoms with Crippen LogP contribution in [0.25, 0.3) is 0 Å². The molecule has 2 bridgehead atoms. The normalized spacial score (nSPS) is 38.6. The first-order valence-electron chi connectivity index (χ1n) is 6.37. The van der Waals surface area contributed by atoms with Gasteiger partial charge in [0.1, 0.15) is 0 Å². The predicted molar refractivity (Wildman–Crippen MR) is 61.3 cm³/mol. The maximum atomic E-state index is 2.79. The van der Waals surface area contributed by atoms with E-state index in [4.69, 9.17) is 0 Å². The van der Waals surface area contributed by atoms with Crippen LogP contribution in [0.2, 0.25) is 0 Å². The Balaban J connectivity index is 2.05. The Kier molecular flexibility index (Phi) is 2.88. The van der Waals surface area contributed by atoms with E-state index in [2.05, 4.69) is 32.6 Å². The van der Waals surface area contributed by atoms with Gasteiger partial charge >= 0.3 is 0 Å². The van der Waals surface area contributed by atoms with Gasteiger partial charge in [-0.15, -0.1) is 0 Å². The van der Waals surface area contributed by atoms with Crippen LogP contribution >= 0.6 is 0 Å². The third kappa shape index (κ3) is 1.71. The second-order valence-corrected chi connectivity index (χ2v) is 5.90. The van der Waals surface area contributed by atoms with Crippen molar-refractivity contribution in [2.45, 2.75) is 71.5 Å².